The number of benzene rings is 1. The molecule has 2 unspecified atom stereocenters. The second kappa shape index (κ2) is 5.30. The van der Waals surface area contributed by atoms with Crippen molar-refractivity contribution in [1.82, 2.24) is 0 Å². The molecule has 1 aromatic carbocycles. The molecule has 0 saturated heterocycles. The lowest BCUT2D eigenvalue weighted by molar-refractivity contribution is 0.0169. The van der Waals surface area contributed by atoms with Crippen LogP contribution in [-0.2, 0) is 0 Å². The summed E-state index contributed by atoms with van der Waals surface area (Å²) in [5, 5.41) is 19.1. The smallest absolute Gasteiger partial charge is 0.125 e. The Labute approximate surface area is 92.3 Å². The number of rotatable bonds is 4. The maximum Gasteiger partial charge on any atom is 0.125 e. The molecule has 5 heteroatoms. The summed E-state index contributed by atoms with van der Waals surface area (Å²) in [6.45, 7) is 0. The fourth-order valence-electron chi connectivity index (χ4n) is 1.30. The summed E-state index contributed by atoms with van der Waals surface area (Å²) < 4.78 is 12.9. The van der Waals surface area contributed by atoms with E-state index < -0.39 is 18.0 Å². The molecule has 0 fully saturated rings. The van der Waals surface area contributed by atoms with Gasteiger partial charge in [-0.3, -0.25) is 0 Å². The highest BCUT2D eigenvalue weighted by Crippen LogP contribution is 2.22. The normalized spacial score (nSPS) is 14.9. The van der Waals surface area contributed by atoms with Crippen molar-refractivity contribution in [1.29, 1.82) is 0 Å². The van der Waals surface area contributed by atoms with Gasteiger partial charge in [-0.2, -0.15) is 0 Å². The van der Waals surface area contributed by atoms with Gasteiger partial charge in [0, 0.05) is 11.6 Å². The first-order chi connectivity index (χ1) is 7.04. The first kappa shape index (κ1) is 12.2. The molecule has 0 aliphatic carbocycles. The molecule has 84 valence electrons. The zero-order valence-corrected chi connectivity index (χ0v) is 8.78. The first-order valence-electron chi connectivity index (χ1n) is 4.52. The van der Waals surface area contributed by atoms with Crippen LogP contribution in [0.3, 0.4) is 0 Å². The zero-order chi connectivity index (χ0) is 11.4. The van der Waals surface area contributed by atoms with Crippen LogP contribution in [0.2, 0.25) is 0 Å². The summed E-state index contributed by atoms with van der Waals surface area (Å²) in [5.41, 5.74) is 5.88. The van der Waals surface area contributed by atoms with Gasteiger partial charge < -0.3 is 15.9 Å². The lowest BCUT2D eigenvalue weighted by Gasteiger charge is -2.17. The standard InChI is InChI=1S/C10H13ClFNO2/c11-2-1-9(14)10(15)6-3-7(12)5-8(13)4-6/h3-5,9-10,14-15H,1-2,13H2. The third-order valence-electron chi connectivity index (χ3n) is 2.05. The molecule has 0 bridgehead atoms. The lowest BCUT2D eigenvalue weighted by atomic mass is 10.0. The van der Waals surface area contributed by atoms with Gasteiger partial charge in [-0.05, 0) is 30.2 Å². The van der Waals surface area contributed by atoms with E-state index in [9.17, 15) is 14.6 Å². The number of hydrogen-bond donors (Lipinski definition) is 3. The number of aliphatic hydroxyl groups excluding tert-OH is 2. The highest BCUT2D eigenvalue weighted by molar-refractivity contribution is 6.17. The van der Waals surface area contributed by atoms with Crippen LogP contribution in [0.25, 0.3) is 0 Å². The van der Waals surface area contributed by atoms with Crippen LogP contribution in [0, 0.1) is 5.82 Å². The minimum atomic E-state index is -1.17. The molecule has 4 N–H and O–H groups in total. The van der Waals surface area contributed by atoms with Crippen LogP contribution in [0.15, 0.2) is 18.2 Å². The summed E-state index contributed by atoms with van der Waals surface area (Å²) in [6, 6.07) is 3.70. The van der Waals surface area contributed by atoms with Gasteiger partial charge in [0.25, 0.3) is 0 Å². The molecular formula is C10H13ClFNO2. The molecule has 0 aliphatic rings. The van der Waals surface area contributed by atoms with Crippen molar-refractivity contribution in [2.75, 3.05) is 11.6 Å². The van der Waals surface area contributed by atoms with Crippen molar-refractivity contribution in [3.8, 4) is 0 Å². The van der Waals surface area contributed by atoms with Crippen molar-refractivity contribution in [3.05, 3.63) is 29.6 Å². The van der Waals surface area contributed by atoms with Gasteiger partial charge in [-0.25, -0.2) is 4.39 Å². The first-order valence-corrected chi connectivity index (χ1v) is 5.06. The van der Waals surface area contributed by atoms with E-state index in [-0.39, 0.29) is 23.6 Å². The fraction of sp³-hybridized carbons (Fsp3) is 0.400. The number of nitrogens with two attached hydrogens (primary N) is 1. The quantitative estimate of drug-likeness (QED) is 0.545. The Kier molecular flexibility index (Phi) is 4.32. The van der Waals surface area contributed by atoms with E-state index in [4.69, 9.17) is 17.3 Å². The van der Waals surface area contributed by atoms with E-state index in [0.29, 0.717) is 0 Å². The molecule has 1 aromatic rings. The van der Waals surface area contributed by atoms with Crippen LogP contribution in [0.1, 0.15) is 18.1 Å². The summed E-state index contributed by atoms with van der Waals surface area (Å²) >= 11 is 5.42. The second-order valence-corrected chi connectivity index (χ2v) is 3.69. The average molecular weight is 234 g/mol. The number of nitrogen functional groups attached to an aromatic ring is 1. The van der Waals surface area contributed by atoms with Crippen molar-refractivity contribution in [3.63, 3.8) is 0 Å². The van der Waals surface area contributed by atoms with Crippen LogP contribution in [-0.4, -0.2) is 22.2 Å². The minimum absolute atomic E-state index is 0.210. The Bertz CT molecular complexity index is 315. The molecule has 0 heterocycles. The van der Waals surface area contributed by atoms with Gasteiger partial charge in [-0.1, -0.05) is 0 Å². The Morgan fingerprint density at radius 2 is 2.00 bits per heavy atom. The molecule has 0 aliphatic heterocycles. The van der Waals surface area contributed by atoms with Gasteiger partial charge in [0.1, 0.15) is 11.9 Å². The van der Waals surface area contributed by atoms with Gasteiger partial charge in [0.2, 0.25) is 0 Å². The number of alkyl halides is 1. The summed E-state index contributed by atoms with van der Waals surface area (Å²) in [4.78, 5) is 0. The van der Waals surface area contributed by atoms with E-state index in [0.717, 1.165) is 12.1 Å². The van der Waals surface area contributed by atoms with Gasteiger partial charge >= 0.3 is 0 Å². The molecule has 0 saturated carbocycles. The molecule has 2 atom stereocenters. The third kappa shape index (κ3) is 3.34. The molecule has 0 aromatic heterocycles. The van der Waals surface area contributed by atoms with Gasteiger partial charge in [0.15, 0.2) is 0 Å². The molecule has 1 rings (SSSR count). The maximum absolute atomic E-state index is 12.9. The highest BCUT2D eigenvalue weighted by atomic mass is 35.5. The molecule has 0 spiro atoms. The monoisotopic (exact) mass is 233 g/mol. The summed E-state index contributed by atoms with van der Waals surface area (Å²) in [5.74, 6) is -0.314. The van der Waals surface area contributed by atoms with Gasteiger partial charge in [-0.15, -0.1) is 11.6 Å². The fourth-order valence-corrected chi connectivity index (χ4v) is 1.52. The van der Waals surface area contributed by atoms with Crippen LogP contribution >= 0.6 is 11.6 Å². The van der Waals surface area contributed by atoms with E-state index in [1.54, 1.807) is 0 Å². The molecule has 0 radical (unpaired) electrons. The molecule has 15 heavy (non-hydrogen) atoms. The third-order valence-corrected chi connectivity index (χ3v) is 2.27. The van der Waals surface area contributed by atoms with Crippen molar-refractivity contribution < 1.29 is 14.6 Å². The topological polar surface area (TPSA) is 66.5 Å². The number of aliphatic hydroxyl groups is 2. The number of anilines is 1. The van der Waals surface area contributed by atoms with E-state index >= 15 is 0 Å². The molecule has 0 amide bonds. The van der Waals surface area contributed by atoms with Crippen LogP contribution in [0.4, 0.5) is 10.1 Å². The molecule has 3 nitrogen and oxygen atoms in total. The Balaban J connectivity index is 2.85. The number of hydrogen-bond acceptors (Lipinski definition) is 3. The molecular weight excluding hydrogens is 221 g/mol. The number of halogens is 2. The van der Waals surface area contributed by atoms with E-state index in [2.05, 4.69) is 0 Å². The lowest BCUT2D eigenvalue weighted by Crippen LogP contribution is -2.19. The predicted octanol–water partition coefficient (Wildman–Crippen LogP) is 1.43. The Morgan fingerprint density at radius 3 is 2.53 bits per heavy atom. The van der Waals surface area contributed by atoms with Crippen molar-refractivity contribution in [2.45, 2.75) is 18.6 Å². The summed E-state index contributed by atoms with van der Waals surface area (Å²) in [6.07, 6.45) is -1.94. The Morgan fingerprint density at radius 1 is 1.33 bits per heavy atom. The van der Waals surface area contributed by atoms with Crippen LogP contribution in [0.5, 0.6) is 0 Å². The summed E-state index contributed by atoms with van der Waals surface area (Å²) in [7, 11) is 0. The largest absolute Gasteiger partial charge is 0.399 e. The SMILES string of the molecule is Nc1cc(F)cc(C(O)C(O)CCCl)c1. The van der Waals surface area contributed by atoms with E-state index in [1.807, 2.05) is 0 Å². The average Bonchev–Trinajstić information content (AvgIpc) is 2.15. The van der Waals surface area contributed by atoms with Gasteiger partial charge in [0.05, 0.1) is 6.10 Å². The van der Waals surface area contributed by atoms with Crippen LogP contribution < -0.4 is 5.73 Å². The maximum atomic E-state index is 12.9. The van der Waals surface area contributed by atoms with E-state index in [1.165, 1.54) is 6.07 Å². The second-order valence-electron chi connectivity index (χ2n) is 3.31. The zero-order valence-electron chi connectivity index (χ0n) is 8.03. The van der Waals surface area contributed by atoms with Crippen molar-refractivity contribution in [2.24, 2.45) is 0 Å². The highest BCUT2D eigenvalue weighted by Gasteiger charge is 2.18. The minimum Gasteiger partial charge on any atom is -0.399 e. The predicted molar refractivity (Wildman–Crippen MR) is 57.1 cm³/mol. The van der Waals surface area contributed by atoms with Crippen molar-refractivity contribution >= 4 is 17.3 Å². The Hall–Kier alpha value is -0.840.